The molecular formula is C19H23BrN2O5. The first kappa shape index (κ1) is 19.5. The number of carbonyl (C=O) groups is 2. The van der Waals surface area contributed by atoms with Crippen LogP contribution in [0.25, 0.3) is 0 Å². The highest BCUT2D eigenvalue weighted by atomic mass is 79.9. The monoisotopic (exact) mass is 438 g/mol. The van der Waals surface area contributed by atoms with Crippen LogP contribution >= 0.6 is 15.9 Å². The first-order valence-electron chi connectivity index (χ1n) is 8.99. The van der Waals surface area contributed by atoms with Crippen molar-refractivity contribution >= 4 is 27.9 Å². The lowest BCUT2D eigenvalue weighted by atomic mass is 9.95. The van der Waals surface area contributed by atoms with Gasteiger partial charge in [0.1, 0.15) is 0 Å². The molecule has 1 aromatic carbocycles. The van der Waals surface area contributed by atoms with Crippen molar-refractivity contribution in [3.05, 3.63) is 33.4 Å². The van der Waals surface area contributed by atoms with Gasteiger partial charge in [-0.1, -0.05) is 42.6 Å². The molecule has 2 heterocycles. The van der Waals surface area contributed by atoms with Gasteiger partial charge in [-0.15, -0.1) is 0 Å². The molecule has 0 radical (unpaired) electrons. The predicted molar refractivity (Wildman–Crippen MR) is 102 cm³/mol. The molecule has 1 unspecified atom stereocenters. The van der Waals surface area contributed by atoms with Crippen LogP contribution in [0.5, 0.6) is 11.5 Å². The Bertz CT molecular complexity index is 789. The molecule has 2 amide bonds. The Morgan fingerprint density at radius 1 is 1.30 bits per heavy atom. The molecule has 0 saturated carbocycles. The molecule has 2 aliphatic heterocycles. The summed E-state index contributed by atoms with van der Waals surface area (Å²) in [5, 5.41) is 5.46. The highest BCUT2D eigenvalue weighted by molar-refractivity contribution is 9.10. The number of hydrogen-bond donors (Lipinski definition) is 2. The van der Waals surface area contributed by atoms with Crippen molar-refractivity contribution in [3.63, 3.8) is 0 Å². The minimum Gasteiger partial charge on any atom is -0.462 e. The summed E-state index contributed by atoms with van der Waals surface area (Å²) in [6.45, 7) is 6.33. The highest BCUT2D eigenvalue weighted by Gasteiger charge is 2.34. The number of fused-ring (bicyclic) bond motifs is 1. The van der Waals surface area contributed by atoms with Gasteiger partial charge in [-0.2, -0.15) is 0 Å². The molecular weight excluding hydrogens is 416 g/mol. The quantitative estimate of drug-likeness (QED) is 0.659. The summed E-state index contributed by atoms with van der Waals surface area (Å²) in [6, 6.07) is 2.51. The zero-order valence-electron chi connectivity index (χ0n) is 15.6. The normalized spacial score (nSPS) is 18.4. The van der Waals surface area contributed by atoms with Gasteiger partial charge in [-0.3, -0.25) is 0 Å². The van der Waals surface area contributed by atoms with Crippen LogP contribution in [-0.2, 0) is 9.53 Å². The molecule has 2 aliphatic rings. The lowest BCUT2D eigenvalue weighted by Crippen LogP contribution is -2.45. The van der Waals surface area contributed by atoms with E-state index in [-0.39, 0.29) is 12.8 Å². The maximum atomic E-state index is 12.8. The fourth-order valence-electron chi connectivity index (χ4n) is 3.15. The summed E-state index contributed by atoms with van der Waals surface area (Å²) >= 11 is 3.50. The zero-order valence-corrected chi connectivity index (χ0v) is 17.1. The van der Waals surface area contributed by atoms with E-state index in [1.807, 2.05) is 0 Å². The summed E-state index contributed by atoms with van der Waals surface area (Å²) in [7, 11) is 0. The molecule has 3 rings (SSSR count). The Balaban J connectivity index is 1.92. The van der Waals surface area contributed by atoms with Crippen molar-refractivity contribution in [2.45, 2.75) is 39.7 Å². The summed E-state index contributed by atoms with van der Waals surface area (Å²) in [5.41, 5.74) is 1.55. The molecule has 146 valence electrons. The van der Waals surface area contributed by atoms with Crippen molar-refractivity contribution in [3.8, 4) is 11.5 Å². The van der Waals surface area contributed by atoms with E-state index < -0.39 is 12.0 Å². The van der Waals surface area contributed by atoms with E-state index in [2.05, 4.69) is 40.4 Å². The van der Waals surface area contributed by atoms with E-state index in [4.69, 9.17) is 14.2 Å². The van der Waals surface area contributed by atoms with Crippen LogP contribution in [0.4, 0.5) is 4.79 Å². The second-order valence-corrected chi connectivity index (χ2v) is 7.43. The number of amides is 2. The molecule has 0 fully saturated rings. The number of benzene rings is 1. The van der Waals surface area contributed by atoms with E-state index in [0.29, 0.717) is 45.3 Å². The van der Waals surface area contributed by atoms with Crippen LogP contribution in [0.3, 0.4) is 0 Å². The molecule has 0 aliphatic carbocycles. The highest BCUT2D eigenvalue weighted by Crippen LogP contribution is 2.41. The smallest absolute Gasteiger partial charge is 0.338 e. The van der Waals surface area contributed by atoms with Crippen molar-refractivity contribution in [2.24, 2.45) is 5.92 Å². The number of halogens is 1. The minimum atomic E-state index is -0.656. The van der Waals surface area contributed by atoms with E-state index in [0.717, 1.165) is 12.8 Å². The molecule has 2 N–H and O–H groups in total. The van der Waals surface area contributed by atoms with Gasteiger partial charge >= 0.3 is 12.0 Å². The third kappa shape index (κ3) is 4.05. The first-order valence-corrected chi connectivity index (χ1v) is 9.78. The third-order valence-corrected chi connectivity index (χ3v) is 5.58. The van der Waals surface area contributed by atoms with Gasteiger partial charge in [0.15, 0.2) is 11.5 Å². The molecule has 27 heavy (non-hydrogen) atoms. The first-order chi connectivity index (χ1) is 12.9. The largest absolute Gasteiger partial charge is 0.462 e. The zero-order chi connectivity index (χ0) is 19.6. The number of hydrogen-bond acceptors (Lipinski definition) is 5. The van der Waals surface area contributed by atoms with Crippen LogP contribution in [0, 0.1) is 5.92 Å². The van der Waals surface area contributed by atoms with Crippen LogP contribution in [0.1, 0.15) is 45.2 Å². The van der Waals surface area contributed by atoms with Gasteiger partial charge in [0.2, 0.25) is 6.79 Å². The van der Waals surface area contributed by atoms with Crippen LogP contribution in [-0.4, -0.2) is 25.4 Å². The number of rotatable bonds is 6. The Kier molecular flexibility index (Phi) is 5.94. The Morgan fingerprint density at radius 3 is 2.63 bits per heavy atom. The lowest BCUT2D eigenvalue weighted by molar-refractivity contribution is -0.141. The van der Waals surface area contributed by atoms with Crippen LogP contribution in [0.2, 0.25) is 0 Å². The SMILES string of the molecule is CCC(CC)COC(=O)C1=C(C)NC(=O)NC1c1cc2c(cc1Br)OCO2. The molecule has 7 nitrogen and oxygen atoms in total. The molecule has 0 spiro atoms. The second-order valence-electron chi connectivity index (χ2n) is 6.58. The summed E-state index contributed by atoms with van der Waals surface area (Å²) < 4.78 is 17.1. The number of carbonyl (C=O) groups excluding carboxylic acids is 2. The van der Waals surface area contributed by atoms with Gasteiger partial charge in [0, 0.05) is 10.2 Å². The lowest BCUT2D eigenvalue weighted by Gasteiger charge is -2.29. The molecule has 1 atom stereocenters. The summed E-state index contributed by atoms with van der Waals surface area (Å²) in [4.78, 5) is 24.9. The van der Waals surface area contributed by atoms with Gasteiger partial charge in [-0.05, 0) is 30.5 Å². The number of nitrogens with one attached hydrogen (secondary N) is 2. The van der Waals surface area contributed by atoms with E-state index in [1.165, 1.54) is 0 Å². The standard InChI is InChI=1S/C19H23BrN2O5/c1-4-11(5-2)8-25-18(23)16-10(3)21-19(24)22-17(16)12-6-14-15(7-13(12)20)27-9-26-14/h6-7,11,17H,4-5,8-9H2,1-3H3,(H2,21,22,24). The Hall–Kier alpha value is -2.22. The molecule has 0 bridgehead atoms. The van der Waals surface area contributed by atoms with Crippen molar-refractivity contribution in [1.29, 1.82) is 0 Å². The van der Waals surface area contributed by atoms with Gasteiger partial charge < -0.3 is 24.8 Å². The fourth-order valence-corrected chi connectivity index (χ4v) is 3.70. The molecule has 0 aromatic heterocycles. The summed E-state index contributed by atoms with van der Waals surface area (Å²) in [6.07, 6.45) is 1.88. The second kappa shape index (κ2) is 8.21. The number of ether oxygens (including phenoxy) is 3. The van der Waals surface area contributed by atoms with Gasteiger partial charge in [-0.25, -0.2) is 9.59 Å². The molecule has 1 aromatic rings. The van der Waals surface area contributed by atoms with E-state index >= 15 is 0 Å². The minimum absolute atomic E-state index is 0.142. The fraction of sp³-hybridized carbons (Fsp3) is 0.474. The number of urea groups is 1. The van der Waals surface area contributed by atoms with Crippen molar-refractivity contribution in [1.82, 2.24) is 10.6 Å². The van der Waals surface area contributed by atoms with Crippen LogP contribution in [0.15, 0.2) is 27.9 Å². The van der Waals surface area contributed by atoms with Gasteiger partial charge in [0.05, 0.1) is 18.2 Å². The van der Waals surface area contributed by atoms with E-state index in [1.54, 1.807) is 19.1 Å². The topological polar surface area (TPSA) is 85.9 Å². The Labute approximate surface area is 166 Å². The average Bonchev–Trinajstić information content (AvgIpc) is 3.08. The van der Waals surface area contributed by atoms with Crippen molar-refractivity contribution < 1.29 is 23.8 Å². The summed E-state index contributed by atoms with van der Waals surface area (Å²) in [5.74, 6) is 1.06. The maximum absolute atomic E-state index is 12.8. The average molecular weight is 439 g/mol. The van der Waals surface area contributed by atoms with E-state index in [9.17, 15) is 9.59 Å². The van der Waals surface area contributed by atoms with Gasteiger partial charge in [0.25, 0.3) is 0 Å². The third-order valence-electron chi connectivity index (χ3n) is 4.90. The van der Waals surface area contributed by atoms with Crippen molar-refractivity contribution in [2.75, 3.05) is 13.4 Å². The Morgan fingerprint density at radius 2 is 1.96 bits per heavy atom. The number of allylic oxidation sites excluding steroid dienone is 1. The molecule has 8 heteroatoms. The number of esters is 1. The van der Waals surface area contributed by atoms with Crippen LogP contribution < -0.4 is 20.1 Å². The predicted octanol–water partition coefficient (Wildman–Crippen LogP) is 3.79. The maximum Gasteiger partial charge on any atom is 0.338 e. The molecule has 0 saturated heterocycles.